The predicted octanol–water partition coefficient (Wildman–Crippen LogP) is 23.8. The molecule has 0 saturated carbocycles. The van der Waals surface area contributed by atoms with E-state index in [-0.39, 0.29) is 31.1 Å². The van der Waals surface area contributed by atoms with E-state index >= 15 is 0 Å². The molecule has 1 unspecified atom stereocenters. The van der Waals surface area contributed by atoms with Gasteiger partial charge in [0.25, 0.3) is 0 Å². The molecular formula is C75H128O6. The molecule has 0 heterocycles. The van der Waals surface area contributed by atoms with Crippen molar-refractivity contribution in [2.24, 2.45) is 0 Å². The monoisotopic (exact) mass is 1120 g/mol. The van der Waals surface area contributed by atoms with Gasteiger partial charge in [0.05, 0.1) is 0 Å². The molecule has 0 radical (unpaired) electrons. The molecule has 0 aromatic rings. The number of carbonyl (C=O) groups is 3. The van der Waals surface area contributed by atoms with Gasteiger partial charge < -0.3 is 14.2 Å². The van der Waals surface area contributed by atoms with Crippen LogP contribution in [0.3, 0.4) is 0 Å². The Hall–Kier alpha value is -3.93. The molecule has 0 saturated heterocycles. The van der Waals surface area contributed by atoms with Gasteiger partial charge in [0.1, 0.15) is 13.2 Å². The van der Waals surface area contributed by atoms with Crippen molar-refractivity contribution in [2.45, 2.75) is 335 Å². The third-order valence-corrected chi connectivity index (χ3v) is 14.8. The first-order valence-corrected chi connectivity index (χ1v) is 34.4. The Balaban J connectivity index is 4.37. The molecule has 0 N–H and O–H groups in total. The molecule has 0 aromatic carbocycles. The van der Waals surface area contributed by atoms with Crippen LogP contribution in [0.25, 0.3) is 0 Å². The van der Waals surface area contributed by atoms with E-state index in [1.807, 2.05) is 0 Å². The summed E-state index contributed by atoms with van der Waals surface area (Å²) < 4.78 is 17.0. The van der Waals surface area contributed by atoms with Crippen LogP contribution in [0.15, 0.2) is 109 Å². The van der Waals surface area contributed by atoms with E-state index in [2.05, 4.69) is 130 Å². The van der Waals surface area contributed by atoms with Gasteiger partial charge in [0.15, 0.2) is 6.10 Å². The highest BCUT2D eigenvalue weighted by Crippen LogP contribution is 2.17. The molecule has 0 amide bonds. The second kappa shape index (κ2) is 68.6. The molecule has 0 fully saturated rings. The largest absolute Gasteiger partial charge is 0.462 e. The van der Waals surface area contributed by atoms with E-state index in [9.17, 15) is 14.4 Å². The van der Waals surface area contributed by atoms with Crippen LogP contribution in [-0.4, -0.2) is 37.2 Å². The van der Waals surface area contributed by atoms with Gasteiger partial charge in [-0.05, 0) is 103 Å². The average Bonchev–Trinajstić information content (AvgIpc) is 3.47. The Morgan fingerprint density at radius 2 is 0.481 bits per heavy atom. The number of esters is 3. The van der Waals surface area contributed by atoms with Crippen LogP contribution in [0.5, 0.6) is 0 Å². The Morgan fingerprint density at radius 1 is 0.259 bits per heavy atom. The summed E-state index contributed by atoms with van der Waals surface area (Å²) >= 11 is 0. The van der Waals surface area contributed by atoms with Gasteiger partial charge in [-0.15, -0.1) is 0 Å². The molecule has 0 aromatic heterocycles. The molecule has 0 spiro atoms. The Bertz CT molecular complexity index is 1620. The first kappa shape index (κ1) is 77.1. The number of carbonyl (C=O) groups excluding carboxylic acids is 3. The third-order valence-electron chi connectivity index (χ3n) is 14.8. The van der Waals surface area contributed by atoms with Gasteiger partial charge in [-0.1, -0.05) is 316 Å². The number of hydrogen-bond donors (Lipinski definition) is 0. The fraction of sp³-hybridized carbons (Fsp3) is 0.720. The van der Waals surface area contributed by atoms with Crippen molar-refractivity contribution in [1.82, 2.24) is 0 Å². The number of hydrogen-bond acceptors (Lipinski definition) is 6. The number of allylic oxidation sites excluding steroid dienone is 18. The van der Waals surface area contributed by atoms with E-state index in [1.54, 1.807) is 0 Å². The van der Waals surface area contributed by atoms with E-state index in [4.69, 9.17) is 14.2 Å². The van der Waals surface area contributed by atoms with Crippen molar-refractivity contribution >= 4 is 17.9 Å². The molecule has 6 heteroatoms. The lowest BCUT2D eigenvalue weighted by Gasteiger charge is -2.18. The number of rotatable bonds is 62. The maximum Gasteiger partial charge on any atom is 0.306 e. The molecular weight excluding hydrogens is 997 g/mol. The van der Waals surface area contributed by atoms with Crippen molar-refractivity contribution in [3.8, 4) is 0 Å². The molecule has 1 atom stereocenters. The van der Waals surface area contributed by atoms with Crippen molar-refractivity contribution in [1.29, 1.82) is 0 Å². The van der Waals surface area contributed by atoms with E-state index < -0.39 is 6.10 Å². The van der Waals surface area contributed by atoms with Crippen LogP contribution in [0, 0.1) is 0 Å². The van der Waals surface area contributed by atoms with Crippen LogP contribution in [0.2, 0.25) is 0 Å². The summed E-state index contributed by atoms with van der Waals surface area (Å²) in [5, 5.41) is 0. The smallest absolute Gasteiger partial charge is 0.306 e. The summed E-state index contributed by atoms with van der Waals surface area (Å²) in [5.74, 6) is -0.886. The second-order valence-corrected chi connectivity index (χ2v) is 22.7. The Kier molecular flexibility index (Phi) is 65.2. The number of unbranched alkanes of at least 4 members (excludes halogenated alkanes) is 33. The van der Waals surface area contributed by atoms with Crippen molar-refractivity contribution in [3.63, 3.8) is 0 Å². The zero-order valence-electron chi connectivity index (χ0n) is 53.3. The summed E-state index contributed by atoms with van der Waals surface area (Å²) in [6.45, 7) is 6.44. The second-order valence-electron chi connectivity index (χ2n) is 22.7. The quantitative estimate of drug-likeness (QED) is 0.0261. The summed E-state index contributed by atoms with van der Waals surface area (Å²) in [6, 6.07) is 0. The van der Waals surface area contributed by atoms with E-state index in [0.717, 1.165) is 128 Å². The molecule has 81 heavy (non-hydrogen) atoms. The maximum atomic E-state index is 13.0. The van der Waals surface area contributed by atoms with Gasteiger partial charge in [0.2, 0.25) is 0 Å². The highest BCUT2D eigenvalue weighted by Gasteiger charge is 2.19. The molecule has 0 aliphatic heterocycles. The topological polar surface area (TPSA) is 78.9 Å². The van der Waals surface area contributed by atoms with E-state index in [1.165, 1.54) is 161 Å². The maximum absolute atomic E-state index is 13.0. The molecule has 0 aliphatic carbocycles. The molecule has 464 valence electrons. The van der Waals surface area contributed by atoms with Gasteiger partial charge in [-0.2, -0.15) is 0 Å². The molecule has 6 nitrogen and oxygen atoms in total. The minimum absolute atomic E-state index is 0.0839. The van der Waals surface area contributed by atoms with Gasteiger partial charge in [0, 0.05) is 19.3 Å². The van der Waals surface area contributed by atoms with Crippen LogP contribution in [-0.2, 0) is 28.6 Å². The number of ether oxygens (including phenoxy) is 3. The standard InChI is InChI=1S/C75H128O6/c1-4-7-10-13-16-19-22-25-28-31-33-34-35-36-37-38-39-40-42-44-47-50-53-56-59-62-65-68-74(77)80-71-72(70-79-73(76)67-64-61-58-55-52-49-46-43-30-27-24-21-18-15-12-9-6-3)81-75(78)69-66-63-60-57-54-51-48-45-41-32-29-26-23-20-17-14-11-8-5-2/h7,9-10,12,16,18-19,21,25,27-28,30,33-34,36-37,39-40,72H,4-6,8,11,13-15,17,20,22-24,26,29,31-32,35,38,41-71H2,1-3H3/b10-7-,12-9-,19-16-,21-18-,28-25-,30-27-,34-33-,37-36-,40-39-. The van der Waals surface area contributed by atoms with Crippen LogP contribution in [0.4, 0.5) is 0 Å². The van der Waals surface area contributed by atoms with E-state index in [0.29, 0.717) is 19.3 Å². The molecule has 0 aliphatic rings. The van der Waals surface area contributed by atoms with Crippen LogP contribution >= 0.6 is 0 Å². The average molecular weight is 1130 g/mol. The van der Waals surface area contributed by atoms with Gasteiger partial charge in [-0.3, -0.25) is 14.4 Å². The molecule has 0 rings (SSSR count). The summed E-state index contributed by atoms with van der Waals surface area (Å²) in [6.07, 6.45) is 93.8. The SMILES string of the molecule is CC/C=C\C/C=C\C/C=C\C/C=C\C/C=C\C/C=C\CCCCCCCCCCC(=O)OCC(COC(=O)CCCCCCCCC/C=C\C/C=C\C/C=C\CC)OC(=O)CCCCCCCCCCCCCCCCCCCCC. The van der Waals surface area contributed by atoms with Crippen LogP contribution < -0.4 is 0 Å². The zero-order chi connectivity index (χ0) is 58.5. The lowest BCUT2D eigenvalue weighted by Crippen LogP contribution is -2.30. The van der Waals surface area contributed by atoms with Gasteiger partial charge >= 0.3 is 17.9 Å². The molecule has 0 bridgehead atoms. The lowest BCUT2D eigenvalue weighted by molar-refractivity contribution is -0.167. The van der Waals surface area contributed by atoms with Crippen molar-refractivity contribution in [2.75, 3.05) is 13.2 Å². The fourth-order valence-corrected chi connectivity index (χ4v) is 9.70. The van der Waals surface area contributed by atoms with Crippen molar-refractivity contribution < 1.29 is 28.6 Å². The minimum atomic E-state index is -0.788. The Labute approximate surface area is 501 Å². The highest BCUT2D eigenvalue weighted by molar-refractivity contribution is 5.71. The van der Waals surface area contributed by atoms with Crippen LogP contribution in [0.1, 0.15) is 329 Å². The summed E-state index contributed by atoms with van der Waals surface area (Å²) in [7, 11) is 0. The fourth-order valence-electron chi connectivity index (χ4n) is 9.70. The first-order chi connectivity index (χ1) is 40.0. The summed E-state index contributed by atoms with van der Waals surface area (Å²) in [4.78, 5) is 38.5. The minimum Gasteiger partial charge on any atom is -0.462 e. The van der Waals surface area contributed by atoms with Gasteiger partial charge in [-0.25, -0.2) is 0 Å². The lowest BCUT2D eigenvalue weighted by atomic mass is 10.0. The Morgan fingerprint density at radius 3 is 0.753 bits per heavy atom. The first-order valence-electron chi connectivity index (χ1n) is 34.4. The zero-order valence-corrected chi connectivity index (χ0v) is 53.3. The predicted molar refractivity (Wildman–Crippen MR) is 353 cm³/mol. The highest BCUT2D eigenvalue weighted by atomic mass is 16.6. The summed E-state index contributed by atoms with van der Waals surface area (Å²) in [5.41, 5.74) is 0. The normalized spacial score (nSPS) is 12.8. The van der Waals surface area contributed by atoms with Crippen molar-refractivity contribution in [3.05, 3.63) is 109 Å². The third kappa shape index (κ3) is 66.8.